The molecule has 0 amide bonds. The van der Waals surface area contributed by atoms with Gasteiger partial charge in [-0.15, -0.1) is 0 Å². The molecule has 3 aromatic rings. The number of hydrogen-bond donors (Lipinski definition) is 3. The van der Waals surface area contributed by atoms with E-state index in [0.29, 0.717) is 35.9 Å². The van der Waals surface area contributed by atoms with Crippen molar-refractivity contribution in [2.24, 2.45) is 5.84 Å². The van der Waals surface area contributed by atoms with Gasteiger partial charge in [0.25, 0.3) is 0 Å². The number of benzene rings is 1. The molecular weight excluding hydrogens is 542 g/mol. The Morgan fingerprint density at radius 1 is 1.00 bits per heavy atom. The Hall–Kier alpha value is -2.93. The lowest BCUT2D eigenvalue weighted by molar-refractivity contribution is 0.0108. The van der Waals surface area contributed by atoms with Crippen molar-refractivity contribution < 1.29 is 18.6 Å². The molecular formula is C30H42F2N8O2. The number of fused-ring (bicyclic) bond motifs is 1. The highest BCUT2D eigenvalue weighted by Gasteiger charge is 2.29. The van der Waals surface area contributed by atoms with Crippen LogP contribution in [0.2, 0.25) is 0 Å². The lowest BCUT2D eigenvalue weighted by Crippen LogP contribution is -2.45. The van der Waals surface area contributed by atoms with E-state index in [4.69, 9.17) is 15.6 Å². The first-order valence-corrected chi connectivity index (χ1v) is 15.5. The molecule has 12 heteroatoms. The first-order chi connectivity index (χ1) is 20.4. The first-order valence-electron chi connectivity index (χ1n) is 15.5. The van der Waals surface area contributed by atoms with Crippen molar-refractivity contribution in [2.45, 2.75) is 94.9 Å². The fourth-order valence-corrected chi connectivity index (χ4v) is 6.65. The third-order valence-electron chi connectivity index (χ3n) is 9.11. The van der Waals surface area contributed by atoms with Crippen molar-refractivity contribution in [3.63, 3.8) is 0 Å². The third kappa shape index (κ3) is 6.66. The number of anilines is 3. The van der Waals surface area contributed by atoms with Gasteiger partial charge in [0.05, 0.1) is 30.7 Å². The number of nitrogens with two attached hydrogens (primary N) is 1. The number of hydrogen-bond acceptors (Lipinski definition) is 9. The summed E-state index contributed by atoms with van der Waals surface area (Å²) in [5, 5.41) is 14.8. The molecule has 2 aliphatic carbocycles. The maximum atomic E-state index is 14.5. The van der Waals surface area contributed by atoms with Crippen molar-refractivity contribution in [3.8, 4) is 0 Å². The molecule has 3 aliphatic rings. The quantitative estimate of drug-likeness (QED) is 0.240. The first kappa shape index (κ1) is 29.2. The van der Waals surface area contributed by atoms with Crippen LogP contribution in [0.4, 0.5) is 26.4 Å². The predicted octanol–water partition coefficient (Wildman–Crippen LogP) is 4.82. The van der Waals surface area contributed by atoms with Crippen molar-refractivity contribution in [1.82, 2.24) is 24.4 Å². The van der Waals surface area contributed by atoms with Gasteiger partial charge < -0.3 is 20.1 Å². The van der Waals surface area contributed by atoms with E-state index in [2.05, 4.69) is 20.2 Å². The zero-order chi connectivity index (χ0) is 29.1. The van der Waals surface area contributed by atoms with Crippen LogP contribution < -0.4 is 16.2 Å². The molecule has 3 heterocycles. The number of aliphatic hydroxyl groups excluding tert-OH is 1. The molecule has 2 aromatic heterocycles. The highest BCUT2D eigenvalue weighted by atomic mass is 19.1. The van der Waals surface area contributed by atoms with Gasteiger partial charge in [-0.1, -0.05) is 6.42 Å². The topological polar surface area (TPSA) is 118 Å². The molecule has 1 aromatic carbocycles. The molecule has 10 nitrogen and oxygen atoms in total. The minimum atomic E-state index is -0.710. The van der Waals surface area contributed by atoms with Gasteiger partial charge in [-0.25, -0.2) is 24.6 Å². The van der Waals surface area contributed by atoms with Gasteiger partial charge in [-0.3, -0.25) is 9.58 Å². The van der Waals surface area contributed by atoms with E-state index < -0.39 is 11.6 Å². The predicted molar refractivity (Wildman–Crippen MR) is 157 cm³/mol. The summed E-state index contributed by atoms with van der Waals surface area (Å²) in [6.07, 6.45) is 11.9. The number of ether oxygens (including phenoxy) is 1. The van der Waals surface area contributed by atoms with Gasteiger partial charge >= 0.3 is 0 Å². The van der Waals surface area contributed by atoms with Crippen LogP contribution in [0.25, 0.3) is 11.2 Å². The molecule has 6 rings (SSSR count). The zero-order valence-corrected chi connectivity index (χ0v) is 24.1. The van der Waals surface area contributed by atoms with Gasteiger partial charge in [0.2, 0.25) is 11.9 Å². The number of aromatic nitrogens is 4. The number of likely N-dealkylation sites (tertiary alicyclic amines) is 1. The van der Waals surface area contributed by atoms with Crippen LogP contribution in [0.3, 0.4) is 0 Å². The van der Waals surface area contributed by atoms with E-state index in [9.17, 15) is 13.9 Å². The smallest absolute Gasteiger partial charge is 0.242 e. The van der Waals surface area contributed by atoms with E-state index >= 15 is 0 Å². The number of aliphatic hydroxyl groups is 1. The summed E-state index contributed by atoms with van der Waals surface area (Å²) >= 11 is 0. The van der Waals surface area contributed by atoms with Gasteiger partial charge in [-0.2, -0.15) is 4.98 Å². The van der Waals surface area contributed by atoms with Gasteiger partial charge in [0, 0.05) is 24.7 Å². The van der Waals surface area contributed by atoms with Crippen LogP contribution in [-0.2, 0) is 4.74 Å². The standard InChI is InChI=1S/C30H42F2N8O2/c31-20-4-13-26(25(32)18-20)35-30-36-27-19-34-29(37-28(27)39(30)21-5-9-23(41)10-6-21)40(33)22-7-11-24(12-8-22)42-17-16-38-14-2-1-3-15-38/h4,13,18-19,21-24,41H,1-3,5-12,14-17,33H2,(H,35,36). The number of rotatable bonds is 9. The number of halogens is 2. The fraction of sp³-hybridized carbons (Fsp3) is 0.633. The molecule has 2 saturated carbocycles. The summed E-state index contributed by atoms with van der Waals surface area (Å²) in [5.41, 5.74) is 1.26. The van der Waals surface area contributed by atoms with Gasteiger partial charge in [0.15, 0.2) is 5.65 Å². The number of imidazole rings is 1. The van der Waals surface area contributed by atoms with E-state index in [1.54, 1.807) is 11.2 Å². The SMILES string of the molecule is NN(c1ncc2nc(Nc3ccc(F)cc3F)n(C3CCC(O)CC3)c2n1)C1CCC(OCCN2CCCCC2)CC1. The largest absolute Gasteiger partial charge is 0.393 e. The molecule has 228 valence electrons. The maximum Gasteiger partial charge on any atom is 0.242 e. The summed E-state index contributed by atoms with van der Waals surface area (Å²) in [7, 11) is 0. The Bertz CT molecular complexity index is 1330. The highest BCUT2D eigenvalue weighted by molar-refractivity contribution is 5.76. The molecule has 3 fully saturated rings. The number of nitrogens with one attached hydrogen (secondary N) is 1. The lowest BCUT2D eigenvalue weighted by Gasteiger charge is -2.34. The molecule has 1 aliphatic heterocycles. The van der Waals surface area contributed by atoms with Crippen LogP contribution >= 0.6 is 0 Å². The van der Waals surface area contributed by atoms with Gasteiger partial charge in [0.1, 0.15) is 17.2 Å². The highest BCUT2D eigenvalue weighted by Crippen LogP contribution is 2.36. The minimum absolute atomic E-state index is 0.00379. The molecule has 42 heavy (non-hydrogen) atoms. The fourth-order valence-electron chi connectivity index (χ4n) is 6.65. The van der Waals surface area contributed by atoms with E-state index in [-0.39, 0.29) is 30.0 Å². The summed E-state index contributed by atoms with van der Waals surface area (Å²) in [5.74, 6) is 6.06. The number of piperidine rings is 1. The Kier molecular flexibility index (Phi) is 9.13. The molecule has 0 bridgehead atoms. The van der Waals surface area contributed by atoms with E-state index in [1.165, 1.54) is 44.5 Å². The van der Waals surface area contributed by atoms with E-state index in [1.807, 2.05) is 4.57 Å². The Balaban J connectivity index is 1.16. The van der Waals surface area contributed by atoms with Gasteiger partial charge in [-0.05, 0) is 89.4 Å². The Morgan fingerprint density at radius 3 is 2.50 bits per heavy atom. The number of hydrazine groups is 1. The van der Waals surface area contributed by atoms with Crippen molar-refractivity contribution in [3.05, 3.63) is 36.0 Å². The molecule has 1 saturated heterocycles. The van der Waals surface area contributed by atoms with Crippen LogP contribution in [0.1, 0.15) is 76.7 Å². The molecule has 0 radical (unpaired) electrons. The lowest BCUT2D eigenvalue weighted by atomic mass is 9.92. The maximum absolute atomic E-state index is 14.5. The second-order valence-electron chi connectivity index (χ2n) is 12.0. The Morgan fingerprint density at radius 2 is 1.76 bits per heavy atom. The summed E-state index contributed by atoms with van der Waals surface area (Å²) in [6.45, 7) is 4.16. The van der Waals surface area contributed by atoms with Crippen LogP contribution in [0.5, 0.6) is 0 Å². The Labute approximate surface area is 245 Å². The second-order valence-corrected chi connectivity index (χ2v) is 12.0. The molecule has 0 unspecified atom stereocenters. The molecule has 0 atom stereocenters. The molecule has 0 spiro atoms. The van der Waals surface area contributed by atoms with Crippen LogP contribution in [0.15, 0.2) is 24.4 Å². The average Bonchev–Trinajstić information content (AvgIpc) is 3.36. The average molecular weight is 585 g/mol. The second kappa shape index (κ2) is 13.2. The van der Waals surface area contributed by atoms with Crippen LogP contribution in [0, 0.1) is 11.6 Å². The van der Waals surface area contributed by atoms with E-state index in [0.717, 1.165) is 57.7 Å². The van der Waals surface area contributed by atoms with Crippen molar-refractivity contribution in [2.75, 3.05) is 36.6 Å². The summed E-state index contributed by atoms with van der Waals surface area (Å²) in [4.78, 5) is 16.6. The third-order valence-corrected chi connectivity index (χ3v) is 9.11. The zero-order valence-electron chi connectivity index (χ0n) is 24.1. The van der Waals surface area contributed by atoms with Crippen LogP contribution in [-0.4, -0.2) is 74.0 Å². The molecule has 4 N–H and O–H groups in total. The normalized spacial score (nSPS) is 25.5. The van der Waals surface area contributed by atoms with Crippen molar-refractivity contribution >= 4 is 28.7 Å². The summed E-state index contributed by atoms with van der Waals surface area (Å²) in [6, 6.07) is 3.48. The monoisotopic (exact) mass is 584 g/mol. The minimum Gasteiger partial charge on any atom is -0.393 e. The van der Waals surface area contributed by atoms with Crippen molar-refractivity contribution in [1.29, 1.82) is 0 Å². The summed E-state index contributed by atoms with van der Waals surface area (Å²) < 4.78 is 36.2. The number of nitrogens with zero attached hydrogens (tertiary/aromatic N) is 6.